The SMILES string of the molecule is CCC(N=C=O)C1(CN=C=O)CC2CC(CN=C=O)C1C2. The van der Waals surface area contributed by atoms with Gasteiger partial charge in [-0.2, -0.15) is 0 Å². The van der Waals surface area contributed by atoms with E-state index in [-0.39, 0.29) is 23.3 Å². The molecule has 2 fully saturated rings. The molecule has 0 aromatic rings. The van der Waals surface area contributed by atoms with E-state index in [9.17, 15) is 14.4 Å². The van der Waals surface area contributed by atoms with E-state index in [2.05, 4.69) is 15.0 Å². The maximum Gasteiger partial charge on any atom is 0.235 e. The predicted octanol–water partition coefficient (Wildman–Crippen LogP) is 1.80. The van der Waals surface area contributed by atoms with Gasteiger partial charge in [-0.25, -0.2) is 29.4 Å². The quantitative estimate of drug-likeness (QED) is 0.529. The zero-order chi connectivity index (χ0) is 15.3. The highest BCUT2D eigenvalue weighted by Crippen LogP contribution is 2.61. The van der Waals surface area contributed by atoms with Gasteiger partial charge >= 0.3 is 0 Å². The average Bonchev–Trinajstić information content (AvgIpc) is 3.06. The third-order valence-electron chi connectivity index (χ3n) is 5.29. The van der Waals surface area contributed by atoms with E-state index < -0.39 is 0 Å². The van der Waals surface area contributed by atoms with Gasteiger partial charge in [0.05, 0.1) is 19.1 Å². The maximum atomic E-state index is 10.7. The number of nitrogens with zero attached hydrogens (tertiary/aromatic N) is 3. The minimum absolute atomic E-state index is 0.190. The number of hydrogen-bond acceptors (Lipinski definition) is 6. The minimum Gasteiger partial charge on any atom is -0.211 e. The first-order chi connectivity index (χ1) is 10.2. The molecule has 112 valence electrons. The van der Waals surface area contributed by atoms with Gasteiger partial charge in [-0.05, 0) is 43.4 Å². The first kappa shape index (κ1) is 15.5. The lowest BCUT2D eigenvalue weighted by molar-refractivity contribution is 0.0878. The lowest BCUT2D eigenvalue weighted by Crippen LogP contribution is -2.45. The lowest BCUT2D eigenvalue weighted by Gasteiger charge is -2.43. The highest BCUT2D eigenvalue weighted by Gasteiger charge is 2.58. The molecule has 0 saturated heterocycles. The second-order valence-electron chi connectivity index (χ2n) is 6.13. The second kappa shape index (κ2) is 6.73. The van der Waals surface area contributed by atoms with E-state index in [1.807, 2.05) is 6.92 Å². The van der Waals surface area contributed by atoms with Crippen molar-refractivity contribution in [3.63, 3.8) is 0 Å². The maximum absolute atomic E-state index is 10.7. The van der Waals surface area contributed by atoms with E-state index >= 15 is 0 Å². The standard InChI is InChI=1S/C15H19N3O3/c1-2-14(18-10-21)15(7-17-9-20)5-11-3-12(6-16-8-19)13(15)4-11/h11-14H,2-7H2,1H3. The van der Waals surface area contributed by atoms with Gasteiger partial charge in [-0.1, -0.05) is 6.92 Å². The van der Waals surface area contributed by atoms with Crippen LogP contribution in [0.4, 0.5) is 0 Å². The fraction of sp³-hybridized carbons (Fsp3) is 0.800. The van der Waals surface area contributed by atoms with Gasteiger partial charge in [0.15, 0.2) is 0 Å². The van der Waals surface area contributed by atoms with Crippen molar-refractivity contribution in [2.75, 3.05) is 13.1 Å². The Morgan fingerprint density at radius 1 is 1.14 bits per heavy atom. The average molecular weight is 289 g/mol. The molecular formula is C15H19N3O3. The van der Waals surface area contributed by atoms with Gasteiger partial charge in [0, 0.05) is 5.41 Å². The second-order valence-corrected chi connectivity index (χ2v) is 6.13. The number of hydrogen-bond donors (Lipinski definition) is 0. The van der Waals surface area contributed by atoms with E-state index in [0.29, 0.717) is 25.4 Å². The monoisotopic (exact) mass is 289 g/mol. The molecule has 5 unspecified atom stereocenters. The van der Waals surface area contributed by atoms with Crippen molar-refractivity contribution in [1.29, 1.82) is 0 Å². The lowest BCUT2D eigenvalue weighted by atomic mass is 9.63. The van der Waals surface area contributed by atoms with E-state index in [1.54, 1.807) is 18.2 Å². The molecule has 5 atom stereocenters. The minimum atomic E-state index is -0.296. The Balaban J connectivity index is 2.33. The van der Waals surface area contributed by atoms with Crippen molar-refractivity contribution < 1.29 is 14.4 Å². The summed E-state index contributed by atoms with van der Waals surface area (Å²) in [5.74, 6) is 1.08. The molecule has 0 aliphatic heterocycles. The summed E-state index contributed by atoms with van der Waals surface area (Å²) in [6, 6.07) is -0.190. The number of rotatable bonds is 7. The molecule has 21 heavy (non-hydrogen) atoms. The van der Waals surface area contributed by atoms with Gasteiger partial charge in [-0.3, -0.25) is 0 Å². The molecule has 0 spiro atoms. The van der Waals surface area contributed by atoms with E-state index in [4.69, 9.17) is 0 Å². The highest BCUT2D eigenvalue weighted by molar-refractivity contribution is 5.36. The Kier molecular flexibility index (Phi) is 4.98. The predicted molar refractivity (Wildman–Crippen MR) is 74.9 cm³/mol. The van der Waals surface area contributed by atoms with Gasteiger partial charge < -0.3 is 0 Å². The fourth-order valence-electron chi connectivity index (χ4n) is 4.70. The molecule has 0 aromatic carbocycles. The Morgan fingerprint density at radius 3 is 2.48 bits per heavy atom. The van der Waals surface area contributed by atoms with Crippen molar-refractivity contribution >= 4 is 18.2 Å². The summed E-state index contributed by atoms with van der Waals surface area (Å²) >= 11 is 0. The first-order valence-electron chi connectivity index (χ1n) is 7.36. The van der Waals surface area contributed by atoms with Crippen LogP contribution in [0.5, 0.6) is 0 Å². The number of aliphatic imine (C=N–C) groups is 3. The molecule has 0 amide bonds. The first-order valence-corrected chi connectivity index (χ1v) is 7.36. The van der Waals surface area contributed by atoms with Gasteiger partial charge in [0.2, 0.25) is 18.2 Å². The van der Waals surface area contributed by atoms with Crippen LogP contribution in [0, 0.1) is 23.2 Å². The molecule has 6 nitrogen and oxygen atoms in total. The van der Waals surface area contributed by atoms with Crippen LogP contribution in [0.15, 0.2) is 15.0 Å². The van der Waals surface area contributed by atoms with Crippen LogP contribution in [-0.4, -0.2) is 37.4 Å². The topological polar surface area (TPSA) is 88.3 Å². The summed E-state index contributed by atoms with van der Waals surface area (Å²) in [5, 5.41) is 0. The van der Waals surface area contributed by atoms with Crippen molar-refractivity contribution in [3.05, 3.63) is 0 Å². The van der Waals surface area contributed by atoms with Crippen molar-refractivity contribution in [2.24, 2.45) is 38.1 Å². The van der Waals surface area contributed by atoms with E-state index in [1.165, 1.54) is 0 Å². The number of fused-ring (bicyclic) bond motifs is 2. The smallest absolute Gasteiger partial charge is 0.211 e. The zero-order valence-corrected chi connectivity index (χ0v) is 12.1. The summed E-state index contributed by atoms with van der Waals surface area (Å²) in [5.41, 5.74) is -0.296. The zero-order valence-electron chi connectivity index (χ0n) is 12.1. The molecular weight excluding hydrogens is 270 g/mol. The molecule has 0 heterocycles. The van der Waals surface area contributed by atoms with Crippen LogP contribution in [0.3, 0.4) is 0 Å². The summed E-state index contributed by atoms with van der Waals surface area (Å²) < 4.78 is 0. The number of isocyanates is 3. The summed E-state index contributed by atoms with van der Waals surface area (Å²) in [6.07, 6.45) is 8.54. The molecule has 2 bridgehead atoms. The summed E-state index contributed by atoms with van der Waals surface area (Å²) in [6.45, 7) is 2.77. The van der Waals surface area contributed by atoms with Crippen LogP contribution >= 0.6 is 0 Å². The van der Waals surface area contributed by atoms with Crippen LogP contribution in [-0.2, 0) is 14.4 Å². The van der Waals surface area contributed by atoms with Crippen molar-refractivity contribution in [2.45, 2.75) is 38.6 Å². The summed E-state index contributed by atoms with van der Waals surface area (Å²) in [7, 11) is 0. The normalized spacial score (nSPS) is 34.4. The van der Waals surface area contributed by atoms with Crippen LogP contribution in [0.1, 0.15) is 32.6 Å². The molecule has 0 aromatic heterocycles. The molecule has 0 radical (unpaired) electrons. The largest absolute Gasteiger partial charge is 0.235 e. The number of carbonyl (C=O) groups excluding carboxylic acids is 3. The van der Waals surface area contributed by atoms with Crippen LogP contribution in [0.2, 0.25) is 0 Å². The van der Waals surface area contributed by atoms with Crippen molar-refractivity contribution in [1.82, 2.24) is 0 Å². The molecule has 2 aliphatic rings. The fourth-order valence-corrected chi connectivity index (χ4v) is 4.70. The Bertz CT molecular complexity index is 530. The van der Waals surface area contributed by atoms with Crippen LogP contribution in [0.25, 0.3) is 0 Å². The highest BCUT2D eigenvalue weighted by atomic mass is 16.1. The van der Waals surface area contributed by atoms with Crippen molar-refractivity contribution in [3.8, 4) is 0 Å². The molecule has 2 rings (SSSR count). The van der Waals surface area contributed by atoms with Gasteiger partial charge in [0.25, 0.3) is 0 Å². The molecule has 2 saturated carbocycles. The third kappa shape index (κ3) is 2.79. The van der Waals surface area contributed by atoms with E-state index in [0.717, 1.165) is 19.3 Å². The Hall–Kier alpha value is -1.86. The molecule has 0 N–H and O–H groups in total. The third-order valence-corrected chi connectivity index (χ3v) is 5.29. The van der Waals surface area contributed by atoms with Crippen LogP contribution < -0.4 is 0 Å². The molecule has 6 heteroatoms. The summed E-state index contributed by atoms with van der Waals surface area (Å²) in [4.78, 5) is 43.2. The van der Waals surface area contributed by atoms with Gasteiger partial charge in [0.1, 0.15) is 0 Å². The molecule has 2 aliphatic carbocycles. The van der Waals surface area contributed by atoms with Gasteiger partial charge in [-0.15, -0.1) is 0 Å². The Labute approximate surface area is 123 Å². The Morgan fingerprint density at radius 2 is 1.90 bits per heavy atom.